The van der Waals surface area contributed by atoms with Crippen molar-refractivity contribution in [1.82, 2.24) is 5.32 Å². The Balaban J connectivity index is 1.49. The first-order valence-corrected chi connectivity index (χ1v) is 13.5. The predicted molar refractivity (Wildman–Crippen MR) is 153 cm³/mol. The lowest BCUT2D eigenvalue weighted by Gasteiger charge is -2.28. The summed E-state index contributed by atoms with van der Waals surface area (Å²) < 4.78 is 38.1. The lowest BCUT2D eigenvalue weighted by molar-refractivity contribution is -0.142. The van der Waals surface area contributed by atoms with Gasteiger partial charge in [0.25, 0.3) is 5.91 Å². The zero-order chi connectivity index (χ0) is 30.0. The van der Waals surface area contributed by atoms with E-state index >= 15 is 4.39 Å². The van der Waals surface area contributed by atoms with Crippen LogP contribution in [-0.2, 0) is 32.0 Å². The van der Waals surface area contributed by atoms with E-state index in [2.05, 4.69) is 10.6 Å². The molecule has 2 amide bonds. The number of carbonyl (C=O) groups excluding carboxylic acids is 3. The molecule has 9 nitrogen and oxygen atoms in total. The minimum absolute atomic E-state index is 0.0268. The molecule has 3 aromatic carbocycles. The summed E-state index contributed by atoms with van der Waals surface area (Å²) in [5.41, 5.74) is 2.08. The van der Waals surface area contributed by atoms with E-state index in [1.807, 2.05) is 0 Å². The van der Waals surface area contributed by atoms with Gasteiger partial charge in [0.1, 0.15) is 22.8 Å². The molecule has 4 aromatic rings. The van der Waals surface area contributed by atoms with Gasteiger partial charge in [-0.3, -0.25) is 9.59 Å². The molecule has 2 heterocycles. The van der Waals surface area contributed by atoms with Gasteiger partial charge in [-0.05, 0) is 52.0 Å². The summed E-state index contributed by atoms with van der Waals surface area (Å²) in [5, 5.41) is 6.08. The van der Waals surface area contributed by atoms with Gasteiger partial charge in [0.15, 0.2) is 0 Å². The van der Waals surface area contributed by atoms with Gasteiger partial charge in [0, 0.05) is 39.7 Å². The summed E-state index contributed by atoms with van der Waals surface area (Å²) in [4.78, 5) is 37.5. The van der Waals surface area contributed by atoms with E-state index in [4.69, 9.17) is 18.6 Å². The number of esters is 1. The lowest BCUT2D eigenvalue weighted by atomic mass is 9.95. The number of ether oxygens (including phenoxy) is 3. The average Bonchev–Trinajstić information content (AvgIpc) is 3.40. The molecule has 0 fully saturated rings. The second-order valence-corrected chi connectivity index (χ2v) is 10.8. The van der Waals surface area contributed by atoms with Crippen LogP contribution in [0.1, 0.15) is 50.5 Å². The standard InChI is InChI=1S/C32H31FN2O7/c1-5-39-25(36)16-18-8-7-11-24-28(18)41-29(30(37)35-24)21-14-19-12-13-40-27(19)23(15-21)22-10-6-9-20(26(22)33)17-34-31(38)42-32(2,3)4/h6-15,29H,5,16-17H2,1-4H3,(H,34,38)(H,35,37). The van der Waals surface area contributed by atoms with Gasteiger partial charge < -0.3 is 29.3 Å². The summed E-state index contributed by atoms with van der Waals surface area (Å²) in [6, 6.07) is 15.1. The molecule has 1 unspecified atom stereocenters. The van der Waals surface area contributed by atoms with Gasteiger partial charge >= 0.3 is 12.1 Å². The van der Waals surface area contributed by atoms with Crippen LogP contribution in [-0.4, -0.2) is 30.2 Å². The van der Waals surface area contributed by atoms with E-state index in [0.717, 1.165) is 0 Å². The first kappa shape index (κ1) is 28.7. The summed E-state index contributed by atoms with van der Waals surface area (Å²) in [6.45, 7) is 7.10. The Kier molecular flexibility index (Phi) is 7.89. The monoisotopic (exact) mass is 574 g/mol. The zero-order valence-electron chi connectivity index (χ0n) is 23.7. The third-order valence-corrected chi connectivity index (χ3v) is 6.54. The molecule has 0 radical (unpaired) electrons. The smallest absolute Gasteiger partial charge is 0.407 e. The Morgan fingerprint density at radius 2 is 1.81 bits per heavy atom. The normalized spacial score (nSPS) is 14.5. The van der Waals surface area contributed by atoms with Gasteiger partial charge in [-0.2, -0.15) is 0 Å². The van der Waals surface area contributed by atoms with Crippen molar-refractivity contribution in [3.8, 4) is 16.9 Å². The van der Waals surface area contributed by atoms with Crippen molar-refractivity contribution in [2.75, 3.05) is 11.9 Å². The number of carbonyl (C=O) groups is 3. The van der Waals surface area contributed by atoms with Gasteiger partial charge in [0.05, 0.1) is 25.0 Å². The highest BCUT2D eigenvalue weighted by Crippen LogP contribution is 2.41. The van der Waals surface area contributed by atoms with Crippen molar-refractivity contribution in [2.24, 2.45) is 0 Å². The number of para-hydroxylation sites is 1. The van der Waals surface area contributed by atoms with Crippen molar-refractivity contribution < 1.29 is 37.4 Å². The molecule has 218 valence electrons. The molecule has 42 heavy (non-hydrogen) atoms. The minimum atomic E-state index is -1.08. The van der Waals surface area contributed by atoms with Crippen molar-refractivity contribution in [3.63, 3.8) is 0 Å². The third kappa shape index (κ3) is 6.07. The lowest BCUT2D eigenvalue weighted by Crippen LogP contribution is -2.32. The molecule has 2 N–H and O–H groups in total. The van der Waals surface area contributed by atoms with E-state index < -0.39 is 35.5 Å². The average molecular weight is 575 g/mol. The van der Waals surface area contributed by atoms with Crippen molar-refractivity contribution >= 4 is 34.6 Å². The van der Waals surface area contributed by atoms with E-state index in [9.17, 15) is 14.4 Å². The minimum Gasteiger partial charge on any atom is -0.473 e. The molecule has 10 heteroatoms. The number of fused-ring (bicyclic) bond motifs is 2. The molecule has 0 saturated heterocycles. The number of anilines is 1. The second-order valence-electron chi connectivity index (χ2n) is 10.8. The van der Waals surface area contributed by atoms with E-state index in [0.29, 0.717) is 39.1 Å². The van der Waals surface area contributed by atoms with E-state index in [1.165, 1.54) is 6.26 Å². The summed E-state index contributed by atoms with van der Waals surface area (Å²) in [6.07, 6.45) is -0.288. The highest BCUT2D eigenvalue weighted by Gasteiger charge is 2.32. The predicted octanol–water partition coefficient (Wildman–Crippen LogP) is 6.44. The van der Waals surface area contributed by atoms with Crippen LogP contribution in [0.3, 0.4) is 0 Å². The highest BCUT2D eigenvalue weighted by molar-refractivity contribution is 6.01. The highest BCUT2D eigenvalue weighted by atomic mass is 19.1. The maximum atomic E-state index is 15.9. The van der Waals surface area contributed by atoms with Crippen molar-refractivity contribution in [2.45, 2.75) is 52.4 Å². The summed E-state index contributed by atoms with van der Waals surface area (Å²) in [7, 11) is 0. The fraction of sp³-hybridized carbons (Fsp3) is 0.281. The quantitative estimate of drug-likeness (QED) is 0.244. The number of hydrogen-bond acceptors (Lipinski definition) is 7. The Hall–Kier alpha value is -4.86. The Labute approximate surface area is 241 Å². The van der Waals surface area contributed by atoms with Crippen LogP contribution in [0, 0.1) is 5.82 Å². The molecule has 0 bridgehead atoms. The summed E-state index contributed by atoms with van der Waals surface area (Å²) in [5.74, 6) is -1.02. The van der Waals surface area contributed by atoms with Crippen LogP contribution in [0.25, 0.3) is 22.1 Å². The van der Waals surface area contributed by atoms with Crippen LogP contribution >= 0.6 is 0 Å². The number of nitrogens with one attached hydrogen (secondary N) is 2. The van der Waals surface area contributed by atoms with Crippen molar-refractivity contribution in [3.05, 3.63) is 83.4 Å². The molecule has 5 rings (SSSR count). The van der Waals surface area contributed by atoms with Crippen LogP contribution in [0.4, 0.5) is 14.9 Å². The molecule has 1 atom stereocenters. The molecule has 0 saturated carbocycles. The fourth-order valence-electron chi connectivity index (χ4n) is 4.78. The SMILES string of the molecule is CCOC(=O)Cc1cccc2c1OC(c1cc(-c3cccc(CNC(=O)OC(C)(C)C)c3F)c3occc3c1)C(=O)N2. The van der Waals surface area contributed by atoms with Crippen LogP contribution < -0.4 is 15.4 Å². The van der Waals surface area contributed by atoms with E-state index in [1.54, 1.807) is 82.3 Å². The van der Waals surface area contributed by atoms with Crippen LogP contribution in [0.5, 0.6) is 5.75 Å². The van der Waals surface area contributed by atoms with Crippen molar-refractivity contribution in [1.29, 1.82) is 0 Å². The Bertz CT molecular complexity index is 1670. The van der Waals surface area contributed by atoms with Gasteiger partial charge in [0.2, 0.25) is 6.10 Å². The first-order valence-electron chi connectivity index (χ1n) is 13.5. The van der Waals surface area contributed by atoms with Gasteiger partial charge in [-0.15, -0.1) is 0 Å². The third-order valence-electron chi connectivity index (χ3n) is 6.54. The number of alkyl carbamates (subject to hydrolysis) is 1. The molecule has 1 aliphatic heterocycles. The van der Waals surface area contributed by atoms with Gasteiger partial charge in [-0.1, -0.05) is 30.3 Å². The number of halogens is 1. The summed E-state index contributed by atoms with van der Waals surface area (Å²) >= 11 is 0. The number of amides is 2. The maximum Gasteiger partial charge on any atom is 0.407 e. The second kappa shape index (κ2) is 11.6. The Morgan fingerprint density at radius 1 is 1.05 bits per heavy atom. The number of benzene rings is 3. The number of furan rings is 1. The molecular weight excluding hydrogens is 543 g/mol. The molecule has 1 aliphatic rings. The number of hydrogen-bond donors (Lipinski definition) is 2. The first-order chi connectivity index (χ1) is 20.0. The largest absolute Gasteiger partial charge is 0.473 e. The molecule has 0 spiro atoms. The maximum absolute atomic E-state index is 15.9. The molecule has 0 aliphatic carbocycles. The van der Waals surface area contributed by atoms with Crippen LogP contribution in [0.15, 0.2) is 65.3 Å². The van der Waals surface area contributed by atoms with Crippen LogP contribution in [0.2, 0.25) is 0 Å². The Morgan fingerprint density at radius 3 is 2.57 bits per heavy atom. The van der Waals surface area contributed by atoms with E-state index in [-0.39, 0.29) is 30.7 Å². The number of rotatable bonds is 7. The molecular formula is C32H31FN2O7. The fourth-order valence-corrected chi connectivity index (χ4v) is 4.78. The topological polar surface area (TPSA) is 116 Å². The zero-order valence-corrected chi connectivity index (χ0v) is 23.7. The van der Waals surface area contributed by atoms with Gasteiger partial charge in [-0.25, -0.2) is 9.18 Å². The molecule has 1 aromatic heterocycles.